The minimum absolute atomic E-state index is 0.205. The number of benzene rings is 1. The number of rotatable bonds is 6. The van der Waals surface area contributed by atoms with E-state index in [4.69, 9.17) is 11.6 Å². The molecule has 0 aliphatic heterocycles. The lowest BCUT2D eigenvalue weighted by Gasteiger charge is -2.05. The average Bonchev–Trinajstić information content (AvgIpc) is 2.87. The number of nitrogens with zero attached hydrogens (tertiary/aromatic N) is 1. The predicted molar refractivity (Wildman–Crippen MR) is 82.0 cm³/mol. The van der Waals surface area contributed by atoms with Crippen molar-refractivity contribution in [2.24, 2.45) is 0 Å². The Bertz CT molecular complexity index is 668. The summed E-state index contributed by atoms with van der Waals surface area (Å²) in [4.78, 5) is 4.49. The van der Waals surface area contributed by atoms with E-state index in [1.165, 1.54) is 23.5 Å². The maximum absolute atomic E-state index is 12.0. The average molecular weight is 332 g/mol. The first-order valence-corrected chi connectivity index (χ1v) is 8.63. The summed E-state index contributed by atoms with van der Waals surface area (Å²) >= 11 is 7.23. The van der Waals surface area contributed by atoms with Crippen LogP contribution in [0.2, 0.25) is 5.02 Å². The normalized spacial score (nSPS) is 11.5. The molecule has 2 aromatic rings. The molecule has 0 aliphatic carbocycles. The molecule has 108 valence electrons. The smallest absolute Gasteiger partial charge is 0.240 e. The van der Waals surface area contributed by atoms with Crippen LogP contribution in [0, 0.1) is 0 Å². The van der Waals surface area contributed by atoms with Gasteiger partial charge in [-0.05, 0) is 24.3 Å². The Kier molecular flexibility index (Phi) is 4.98. The summed E-state index contributed by atoms with van der Waals surface area (Å²) < 4.78 is 26.6. The van der Waals surface area contributed by atoms with E-state index in [1.807, 2.05) is 5.38 Å². The van der Waals surface area contributed by atoms with Gasteiger partial charge in [-0.2, -0.15) is 0 Å². The van der Waals surface area contributed by atoms with Crippen molar-refractivity contribution in [2.75, 3.05) is 18.9 Å². The summed E-state index contributed by atoms with van der Waals surface area (Å²) in [6.45, 7) is 0.303. The summed E-state index contributed by atoms with van der Waals surface area (Å²) in [6.07, 6.45) is 0.547. The van der Waals surface area contributed by atoms with Gasteiger partial charge in [-0.1, -0.05) is 11.6 Å². The highest BCUT2D eigenvalue weighted by Gasteiger charge is 2.13. The van der Waals surface area contributed by atoms with E-state index in [0.29, 0.717) is 18.0 Å². The third kappa shape index (κ3) is 3.92. The monoisotopic (exact) mass is 331 g/mol. The van der Waals surface area contributed by atoms with Gasteiger partial charge in [-0.25, -0.2) is 18.1 Å². The lowest BCUT2D eigenvalue weighted by Crippen LogP contribution is -2.26. The Morgan fingerprint density at radius 1 is 1.30 bits per heavy atom. The number of hydrogen-bond donors (Lipinski definition) is 2. The number of sulfonamides is 1. The number of anilines is 1. The number of aromatic nitrogens is 1. The standard InChI is InChI=1S/C12H14ClN3O2S2/c1-14-12-16-10(8-19-12)6-7-15-20(17,18)11-4-2-9(13)3-5-11/h2-5,8,15H,6-7H2,1H3,(H,14,16). The molecule has 0 spiro atoms. The van der Waals surface area contributed by atoms with Crippen molar-refractivity contribution in [3.63, 3.8) is 0 Å². The Labute approximate surface area is 127 Å². The summed E-state index contributed by atoms with van der Waals surface area (Å²) in [6, 6.07) is 6.06. The van der Waals surface area contributed by atoms with Crippen molar-refractivity contribution >= 4 is 38.1 Å². The summed E-state index contributed by atoms with van der Waals surface area (Å²) in [7, 11) is -1.70. The molecule has 0 saturated carbocycles. The van der Waals surface area contributed by atoms with Crippen molar-refractivity contribution in [1.29, 1.82) is 0 Å². The van der Waals surface area contributed by atoms with Crippen molar-refractivity contribution in [2.45, 2.75) is 11.3 Å². The number of nitrogens with one attached hydrogen (secondary N) is 2. The molecule has 0 aliphatic rings. The number of thiazole rings is 1. The fourth-order valence-corrected chi connectivity index (χ4v) is 3.41. The van der Waals surface area contributed by atoms with Gasteiger partial charge in [-0.15, -0.1) is 11.3 Å². The molecular weight excluding hydrogens is 318 g/mol. The number of halogens is 1. The molecule has 0 amide bonds. The van der Waals surface area contributed by atoms with E-state index in [1.54, 1.807) is 19.2 Å². The summed E-state index contributed by atoms with van der Waals surface area (Å²) in [5, 5.41) is 6.17. The molecule has 0 radical (unpaired) electrons. The van der Waals surface area contributed by atoms with Crippen molar-refractivity contribution < 1.29 is 8.42 Å². The Morgan fingerprint density at radius 2 is 2.00 bits per heavy atom. The second-order valence-electron chi connectivity index (χ2n) is 4.00. The lowest BCUT2D eigenvalue weighted by atomic mass is 10.3. The van der Waals surface area contributed by atoms with E-state index >= 15 is 0 Å². The maximum atomic E-state index is 12.0. The third-order valence-electron chi connectivity index (χ3n) is 2.56. The molecule has 0 bridgehead atoms. The van der Waals surface area contributed by atoms with E-state index in [-0.39, 0.29) is 4.90 Å². The van der Waals surface area contributed by atoms with Crippen molar-refractivity contribution in [1.82, 2.24) is 9.71 Å². The highest BCUT2D eigenvalue weighted by Crippen LogP contribution is 2.15. The SMILES string of the molecule is CNc1nc(CCNS(=O)(=O)c2ccc(Cl)cc2)cs1. The highest BCUT2D eigenvalue weighted by atomic mass is 35.5. The summed E-state index contributed by atoms with van der Waals surface area (Å²) in [5.74, 6) is 0. The van der Waals surface area contributed by atoms with Gasteiger partial charge in [0.05, 0.1) is 10.6 Å². The van der Waals surface area contributed by atoms with Crippen LogP contribution in [-0.2, 0) is 16.4 Å². The Hall–Kier alpha value is -1.15. The lowest BCUT2D eigenvalue weighted by molar-refractivity contribution is 0.581. The zero-order valence-electron chi connectivity index (χ0n) is 10.8. The number of hydrogen-bond acceptors (Lipinski definition) is 5. The van der Waals surface area contributed by atoms with Crippen LogP contribution in [0.1, 0.15) is 5.69 Å². The third-order valence-corrected chi connectivity index (χ3v) is 5.20. The Balaban J connectivity index is 1.94. The molecule has 0 unspecified atom stereocenters. The second-order valence-corrected chi connectivity index (χ2v) is 7.06. The maximum Gasteiger partial charge on any atom is 0.240 e. The van der Waals surface area contributed by atoms with Gasteiger partial charge in [-0.3, -0.25) is 0 Å². The minimum atomic E-state index is -3.49. The van der Waals surface area contributed by atoms with Crippen LogP contribution in [0.25, 0.3) is 0 Å². The molecule has 8 heteroatoms. The predicted octanol–water partition coefficient (Wildman–Crippen LogP) is 2.36. The van der Waals surface area contributed by atoms with Gasteiger partial charge in [0.2, 0.25) is 10.0 Å². The van der Waals surface area contributed by atoms with Crippen molar-refractivity contribution in [3.8, 4) is 0 Å². The fourth-order valence-electron chi connectivity index (χ4n) is 1.55. The quantitative estimate of drug-likeness (QED) is 0.852. The van der Waals surface area contributed by atoms with Gasteiger partial charge >= 0.3 is 0 Å². The van der Waals surface area contributed by atoms with Crippen LogP contribution in [0.15, 0.2) is 34.5 Å². The first-order chi connectivity index (χ1) is 9.51. The van der Waals surface area contributed by atoms with E-state index in [9.17, 15) is 8.42 Å². The molecule has 1 aromatic heterocycles. The topological polar surface area (TPSA) is 71.1 Å². The van der Waals surface area contributed by atoms with Crippen LogP contribution in [0.4, 0.5) is 5.13 Å². The van der Waals surface area contributed by atoms with Gasteiger partial charge < -0.3 is 5.32 Å². The molecule has 5 nitrogen and oxygen atoms in total. The fraction of sp³-hybridized carbons (Fsp3) is 0.250. The molecule has 2 N–H and O–H groups in total. The van der Waals surface area contributed by atoms with E-state index in [0.717, 1.165) is 10.8 Å². The zero-order valence-corrected chi connectivity index (χ0v) is 13.1. The van der Waals surface area contributed by atoms with Crippen LogP contribution in [0.3, 0.4) is 0 Å². The Morgan fingerprint density at radius 3 is 2.60 bits per heavy atom. The molecule has 0 atom stereocenters. The molecule has 20 heavy (non-hydrogen) atoms. The van der Waals surface area contributed by atoms with E-state index in [2.05, 4.69) is 15.0 Å². The molecule has 1 aromatic carbocycles. The second kappa shape index (κ2) is 6.53. The van der Waals surface area contributed by atoms with Crippen LogP contribution in [0.5, 0.6) is 0 Å². The van der Waals surface area contributed by atoms with E-state index < -0.39 is 10.0 Å². The first kappa shape index (κ1) is 15.2. The van der Waals surface area contributed by atoms with Crippen LogP contribution >= 0.6 is 22.9 Å². The molecular formula is C12H14ClN3O2S2. The van der Waals surface area contributed by atoms with Crippen LogP contribution in [-0.4, -0.2) is 27.0 Å². The van der Waals surface area contributed by atoms with Gasteiger partial charge in [0, 0.05) is 30.4 Å². The largest absolute Gasteiger partial charge is 0.365 e. The van der Waals surface area contributed by atoms with Crippen molar-refractivity contribution in [3.05, 3.63) is 40.4 Å². The summed E-state index contributed by atoms with van der Waals surface area (Å²) in [5.41, 5.74) is 0.859. The van der Waals surface area contributed by atoms with Crippen LogP contribution < -0.4 is 10.0 Å². The first-order valence-electron chi connectivity index (χ1n) is 5.88. The molecule has 0 fully saturated rings. The zero-order chi connectivity index (χ0) is 14.6. The van der Waals surface area contributed by atoms with Gasteiger partial charge in [0.25, 0.3) is 0 Å². The molecule has 1 heterocycles. The molecule has 0 saturated heterocycles. The van der Waals surface area contributed by atoms with Gasteiger partial charge in [0.15, 0.2) is 5.13 Å². The highest BCUT2D eigenvalue weighted by molar-refractivity contribution is 7.89. The van der Waals surface area contributed by atoms with Gasteiger partial charge in [0.1, 0.15) is 0 Å². The molecule has 2 rings (SSSR count). The minimum Gasteiger partial charge on any atom is -0.365 e.